The fraction of sp³-hybridized carbons (Fsp3) is 0.429. The standard InChI is InChI=1S/C7H8FN3/c1-3-11-5(2)10-6(4-9)7(11)8/h3H2,1-2H3. The Balaban J connectivity index is 3.28. The van der Waals surface area contributed by atoms with Gasteiger partial charge >= 0.3 is 0 Å². The normalized spacial score (nSPS) is 9.64. The molecule has 11 heavy (non-hydrogen) atoms. The first-order valence-electron chi connectivity index (χ1n) is 3.33. The quantitative estimate of drug-likeness (QED) is 0.608. The minimum atomic E-state index is -0.535. The van der Waals surface area contributed by atoms with E-state index in [-0.39, 0.29) is 5.69 Å². The van der Waals surface area contributed by atoms with Crippen molar-refractivity contribution in [2.75, 3.05) is 0 Å². The summed E-state index contributed by atoms with van der Waals surface area (Å²) < 4.78 is 14.3. The predicted molar refractivity (Wildman–Crippen MR) is 37.3 cm³/mol. The first-order valence-corrected chi connectivity index (χ1v) is 3.33. The van der Waals surface area contributed by atoms with Gasteiger partial charge < -0.3 is 4.57 Å². The molecule has 0 N–H and O–H groups in total. The molecule has 0 saturated heterocycles. The molecule has 1 aromatic rings. The maximum atomic E-state index is 13.0. The molecule has 0 spiro atoms. The SMILES string of the molecule is CCn1c(C)nc(C#N)c1F. The molecule has 0 unspecified atom stereocenters. The number of aromatic nitrogens is 2. The molecular formula is C7H8FN3. The number of halogens is 1. The summed E-state index contributed by atoms with van der Waals surface area (Å²) in [4.78, 5) is 3.73. The maximum absolute atomic E-state index is 13.0. The molecule has 3 nitrogen and oxygen atoms in total. The van der Waals surface area contributed by atoms with Crippen molar-refractivity contribution in [3.05, 3.63) is 17.5 Å². The van der Waals surface area contributed by atoms with E-state index in [4.69, 9.17) is 5.26 Å². The van der Waals surface area contributed by atoms with Gasteiger partial charge in [-0.2, -0.15) is 9.65 Å². The molecule has 0 amide bonds. The Bertz CT molecular complexity index is 308. The van der Waals surface area contributed by atoms with Gasteiger partial charge in [-0.1, -0.05) is 0 Å². The van der Waals surface area contributed by atoms with Crippen LogP contribution < -0.4 is 0 Å². The third-order valence-corrected chi connectivity index (χ3v) is 1.52. The van der Waals surface area contributed by atoms with Crippen LogP contribution in [0.4, 0.5) is 4.39 Å². The van der Waals surface area contributed by atoms with E-state index in [1.165, 1.54) is 4.57 Å². The molecule has 0 fully saturated rings. The zero-order chi connectivity index (χ0) is 8.43. The lowest BCUT2D eigenvalue weighted by Crippen LogP contribution is -1.99. The van der Waals surface area contributed by atoms with Crippen LogP contribution in [0.1, 0.15) is 18.4 Å². The molecule has 0 radical (unpaired) electrons. The fourth-order valence-electron chi connectivity index (χ4n) is 0.977. The highest BCUT2D eigenvalue weighted by Gasteiger charge is 2.11. The van der Waals surface area contributed by atoms with Gasteiger partial charge in [-0.25, -0.2) is 4.98 Å². The number of rotatable bonds is 1. The lowest BCUT2D eigenvalue weighted by molar-refractivity contribution is 0.499. The third-order valence-electron chi connectivity index (χ3n) is 1.52. The number of hydrogen-bond donors (Lipinski definition) is 0. The molecule has 0 aromatic carbocycles. The zero-order valence-electron chi connectivity index (χ0n) is 6.43. The van der Waals surface area contributed by atoms with Gasteiger partial charge in [0.1, 0.15) is 11.9 Å². The summed E-state index contributed by atoms with van der Waals surface area (Å²) in [6.45, 7) is 3.98. The first kappa shape index (κ1) is 7.73. The topological polar surface area (TPSA) is 41.6 Å². The van der Waals surface area contributed by atoms with Crippen LogP contribution in [0.5, 0.6) is 0 Å². The molecule has 0 saturated carbocycles. The Morgan fingerprint density at radius 3 is 2.64 bits per heavy atom. The van der Waals surface area contributed by atoms with Gasteiger partial charge in [0.2, 0.25) is 5.95 Å². The van der Waals surface area contributed by atoms with Crippen LogP contribution in [0.3, 0.4) is 0 Å². The van der Waals surface area contributed by atoms with Gasteiger partial charge in [0.05, 0.1) is 0 Å². The third kappa shape index (κ3) is 1.09. The van der Waals surface area contributed by atoms with E-state index >= 15 is 0 Å². The van der Waals surface area contributed by atoms with Crippen molar-refractivity contribution in [1.29, 1.82) is 5.26 Å². The summed E-state index contributed by atoms with van der Waals surface area (Å²) in [6.07, 6.45) is 0. The van der Waals surface area contributed by atoms with E-state index in [0.29, 0.717) is 12.4 Å². The minimum Gasteiger partial charge on any atom is -0.304 e. The zero-order valence-corrected chi connectivity index (χ0v) is 6.43. The summed E-state index contributed by atoms with van der Waals surface area (Å²) >= 11 is 0. The Hall–Kier alpha value is -1.37. The van der Waals surface area contributed by atoms with E-state index in [2.05, 4.69) is 4.98 Å². The number of nitriles is 1. The Morgan fingerprint density at radius 2 is 2.36 bits per heavy atom. The summed E-state index contributed by atoms with van der Waals surface area (Å²) in [5.74, 6) is 0.00838. The van der Waals surface area contributed by atoms with Crippen molar-refractivity contribution in [2.24, 2.45) is 0 Å². The second kappa shape index (κ2) is 2.70. The number of aryl methyl sites for hydroxylation is 1. The largest absolute Gasteiger partial charge is 0.304 e. The van der Waals surface area contributed by atoms with Gasteiger partial charge in [0.15, 0.2) is 5.69 Å². The number of imidazole rings is 1. The molecule has 4 heteroatoms. The molecule has 1 aromatic heterocycles. The highest BCUT2D eigenvalue weighted by atomic mass is 19.1. The molecule has 58 valence electrons. The molecular weight excluding hydrogens is 145 g/mol. The van der Waals surface area contributed by atoms with Crippen LogP contribution in [0, 0.1) is 24.2 Å². The average molecular weight is 153 g/mol. The van der Waals surface area contributed by atoms with E-state index in [1.807, 2.05) is 0 Å². The van der Waals surface area contributed by atoms with Gasteiger partial charge in [0, 0.05) is 6.54 Å². The van der Waals surface area contributed by atoms with Crippen LogP contribution in [0.15, 0.2) is 0 Å². The molecule has 0 aliphatic rings. The van der Waals surface area contributed by atoms with Gasteiger partial charge in [0.25, 0.3) is 0 Å². The monoisotopic (exact) mass is 153 g/mol. The summed E-state index contributed by atoms with van der Waals surface area (Å²) in [6, 6.07) is 1.68. The molecule has 0 aliphatic heterocycles. The number of hydrogen-bond acceptors (Lipinski definition) is 2. The molecule has 0 aliphatic carbocycles. The summed E-state index contributed by atoms with van der Waals surface area (Å²) in [5.41, 5.74) is -0.121. The second-order valence-electron chi connectivity index (χ2n) is 2.15. The van der Waals surface area contributed by atoms with E-state index in [0.717, 1.165) is 0 Å². The van der Waals surface area contributed by atoms with Crippen LogP contribution in [-0.2, 0) is 6.54 Å². The van der Waals surface area contributed by atoms with Crippen molar-refractivity contribution < 1.29 is 4.39 Å². The van der Waals surface area contributed by atoms with Crippen LogP contribution in [0.25, 0.3) is 0 Å². The van der Waals surface area contributed by atoms with Gasteiger partial charge in [-0.3, -0.25) is 0 Å². The maximum Gasteiger partial charge on any atom is 0.231 e. The molecule has 1 rings (SSSR count). The Labute approximate surface area is 64.1 Å². The van der Waals surface area contributed by atoms with Crippen LogP contribution in [0.2, 0.25) is 0 Å². The van der Waals surface area contributed by atoms with E-state index < -0.39 is 5.95 Å². The van der Waals surface area contributed by atoms with Crippen molar-refractivity contribution in [3.8, 4) is 6.07 Å². The van der Waals surface area contributed by atoms with E-state index in [1.54, 1.807) is 19.9 Å². The van der Waals surface area contributed by atoms with Crippen molar-refractivity contribution >= 4 is 0 Å². The highest BCUT2D eigenvalue weighted by Crippen LogP contribution is 2.07. The van der Waals surface area contributed by atoms with Gasteiger partial charge in [-0.15, -0.1) is 0 Å². The van der Waals surface area contributed by atoms with Crippen molar-refractivity contribution in [1.82, 2.24) is 9.55 Å². The average Bonchev–Trinajstić information content (AvgIpc) is 2.26. The minimum absolute atomic E-state index is 0.121. The number of nitrogens with zero attached hydrogens (tertiary/aromatic N) is 3. The highest BCUT2D eigenvalue weighted by molar-refractivity contribution is 5.20. The lowest BCUT2D eigenvalue weighted by atomic mass is 10.5. The fourth-order valence-corrected chi connectivity index (χ4v) is 0.977. The van der Waals surface area contributed by atoms with Crippen LogP contribution in [-0.4, -0.2) is 9.55 Å². The Morgan fingerprint density at radius 1 is 1.73 bits per heavy atom. The lowest BCUT2D eigenvalue weighted by Gasteiger charge is -1.97. The van der Waals surface area contributed by atoms with Crippen LogP contribution >= 0.6 is 0 Å². The summed E-state index contributed by atoms with van der Waals surface area (Å²) in [5, 5.41) is 8.39. The second-order valence-corrected chi connectivity index (χ2v) is 2.15. The predicted octanol–water partition coefficient (Wildman–Crippen LogP) is 1.22. The molecule has 0 atom stereocenters. The smallest absolute Gasteiger partial charge is 0.231 e. The van der Waals surface area contributed by atoms with Crippen molar-refractivity contribution in [3.63, 3.8) is 0 Å². The summed E-state index contributed by atoms with van der Waals surface area (Å²) in [7, 11) is 0. The molecule has 0 bridgehead atoms. The van der Waals surface area contributed by atoms with Gasteiger partial charge in [-0.05, 0) is 13.8 Å². The Kier molecular flexibility index (Phi) is 1.90. The van der Waals surface area contributed by atoms with Crippen molar-refractivity contribution in [2.45, 2.75) is 20.4 Å². The van der Waals surface area contributed by atoms with E-state index in [9.17, 15) is 4.39 Å². The molecule has 1 heterocycles. The first-order chi connectivity index (χ1) is 5.20.